The Balaban J connectivity index is 3.19. The normalized spacial score (nSPS) is 8.57. The number of nitrogens with two attached hydrogens (primary N) is 1. The summed E-state index contributed by atoms with van der Waals surface area (Å²) >= 11 is 0. The molecule has 1 aromatic rings. The molecule has 0 spiro atoms. The third kappa shape index (κ3) is 2.04. The maximum Gasteiger partial charge on any atom is 0.312 e. The van der Waals surface area contributed by atoms with Gasteiger partial charge in [0.2, 0.25) is 5.82 Å². The van der Waals surface area contributed by atoms with Crippen molar-refractivity contribution in [1.29, 1.82) is 0 Å². The molecule has 0 aliphatic carbocycles. The van der Waals surface area contributed by atoms with Gasteiger partial charge in [-0.05, 0) is 5.92 Å². The van der Waals surface area contributed by atoms with Crippen LogP contribution in [0.5, 0.6) is 0 Å². The summed E-state index contributed by atoms with van der Waals surface area (Å²) in [5, 5.41) is 10.4. The highest BCUT2D eigenvalue weighted by Crippen LogP contribution is 2.18. The van der Waals surface area contributed by atoms with Gasteiger partial charge in [-0.25, -0.2) is 4.98 Å². The molecule has 2 N–H and O–H groups in total. The van der Waals surface area contributed by atoms with Crippen LogP contribution in [0.1, 0.15) is 5.56 Å². The van der Waals surface area contributed by atoms with Crippen LogP contribution in [0.3, 0.4) is 0 Å². The summed E-state index contributed by atoms with van der Waals surface area (Å²) in [6, 6.07) is 1.17. The number of carbonyl (C=O) groups excluding carboxylic acids is 1. The number of aromatic nitrogens is 1. The first-order valence-corrected chi connectivity index (χ1v) is 3.50. The average Bonchev–Trinajstić information content (AvgIpc) is 2.16. The maximum absolute atomic E-state index is 10.4. The van der Waals surface area contributed by atoms with Crippen molar-refractivity contribution in [2.45, 2.75) is 0 Å². The molecule has 0 saturated carbocycles. The van der Waals surface area contributed by atoms with Gasteiger partial charge in [-0.2, -0.15) is 0 Å². The average molecular weight is 191 g/mol. The molecule has 0 aliphatic heterocycles. The van der Waals surface area contributed by atoms with Gasteiger partial charge in [-0.15, -0.1) is 0 Å². The maximum atomic E-state index is 10.4. The quantitative estimate of drug-likeness (QED) is 0.294. The molecule has 1 heterocycles. The van der Waals surface area contributed by atoms with E-state index in [4.69, 9.17) is 5.73 Å². The molecule has 70 valence electrons. The van der Waals surface area contributed by atoms with Gasteiger partial charge in [0.25, 0.3) is 0 Å². The third-order valence-electron chi connectivity index (χ3n) is 1.37. The van der Waals surface area contributed by atoms with Gasteiger partial charge in [0.1, 0.15) is 0 Å². The highest BCUT2D eigenvalue weighted by atomic mass is 16.6. The monoisotopic (exact) mass is 191 g/mol. The molecule has 0 radical (unpaired) electrons. The number of hydrogen-bond donors (Lipinski definition) is 1. The van der Waals surface area contributed by atoms with Crippen molar-refractivity contribution in [2.75, 3.05) is 5.73 Å². The van der Waals surface area contributed by atoms with E-state index in [1.807, 2.05) is 0 Å². The fourth-order valence-electron chi connectivity index (χ4n) is 0.791. The molecule has 0 saturated heterocycles. The minimum Gasteiger partial charge on any atom is -0.378 e. The zero-order chi connectivity index (χ0) is 10.6. The zero-order valence-corrected chi connectivity index (χ0v) is 6.93. The topological polar surface area (TPSA) is 99.1 Å². The SMILES string of the molecule is Nc1ncc(C#CC=O)cc1[N+](=O)[O-]. The molecule has 0 bridgehead atoms. The van der Waals surface area contributed by atoms with Gasteiger partial charge in [0.05, 0.1) is 10.5 Å². The van der Waals surface area contributed by atoms with Crippen LogP contribution in [0, 0.1) is 22.0 Å². The second-order valence-corrected chi connectivity index (χ2v) is 2.27. The summed E-state index contributed by atoms with van der Waals surface area (Å²) in [4.78, 5) is 23.2. The number of carbonyl (C=O) groups is 1. The van der Waals surface area contributed by atoms with Gasteiger partial charge in [-0.3, -0.25) is 14.9 Å². The molecule has 0 amide bonds. The fraction of sp³-hybridized carbons (Fsp3) is 0. The van der Waals surface area contributed by atoms with Crippen LogP contribution >= 0.6 is 0 Å². The van der Waals surface area contributed by atoms with E-state index in [-0.39, 0.29) is 17.1 Å². The summed E-state index contributed by atoms with van der Waals surface area (Å²) in [5.74, 6) is 4.32. The molecule has 6 nitrogen and oxygen atoms in total. The van der Waals surface area contributed by atoms with Crippen molar-refractivity contribution < 1.29 is 9.72 Å². The van der Waals surface area contributed by atoms with Crippen molar-refractivity contribution in [1.82, 2.24) is 4.98 Å². The van der Waals surface area contributed by atoms with Crippen LogP contribution in [0.2, 0.25) is 0 Å². The van der Waals surface area contributed by atoms with E-state index in [2.05, 4.69) is 16.8 Å². The molecule has 0 atom stereocenters. The molecular formula is C8H5N3O3. The van der Waals surface area contributed by atoms with E-state index >= 15 is 0 Å². The molecule has 0 aliphatic rings. The lowest BCUT2D eigenvalue weighted by Gasteiger charge is -1.95. The van der Waals surface area contributed by atoms with Crippen molar-refractivity contribution >= 4 is 17.8 Å². The van der Waals surface area contributed by atoms with Crippen molar-refractivity contribution in [3.8, 4) is 11.8 Å². The second-order valence-electron chi connectivity index (χ2n) is 2.27. The molecule has 0 fully saturated rings. The van der Waals surface area contributed by atoms with Crippen LogP contribution in [0.15, 0.2) is 12.3 Å². The number of pyridine rings is 1. The minimum atomic E-state index is -0.658. The van der Waals surface area contributed by atoms with E-state index in [0.29, 0.717) is 6.29 Å². The first-order valence-electron chi connectivity index (χ1n) is 3.50. The van der Waals surface area contributed by atoms with Crippen molar-refractivity contribution in [3.05, 3.63) is 27.9 Å². The molecular weight excluding hydrogens is 186 g/mol. The lowest BCUT2D eigenvalue weighted by molar-refractivity contribution is -0.384. The van der Waals surface area contributed by atoms with E-state index in [1.54, 1.807) is 0 Å². The fourth-order valence-corrected chi connectivity index (χ4v) is 0.791. The standard InChI is InChI=1S/C8H5N3O3/c9-8-7(11(13)14)4-6(5-10-8)2-1-3-12/h3-5H,(H2,9,10). The molecule has 1 rings (SSSR count). The number of nitro groups is 1. The van der Waals surface area contributed by atoms with E-state index in [9.17, 15) is 14.9 Å². The Kier molecular flexibility index (Phi) is 2.76. The van der Waals surface area contributed by atoms with Crippen LogP contribution in [0.4, 0.5) is 11.5 Å². The Labute approximate surface area is 78.9 Å². The van der Waals surface area contributed by atoms with Gasteiger partial charge < -0.3 is 5.73 Å². The Hall–Kier alpha value is -2.42. The smallest absolute Gasteiger partial charge is 0.312 e. The Morgan fingerprint density at radius 2 is 2.36 bits per heavy atom. The van der Waals surface area contributed by atoms with Crippen LogP contribution in [-0.2, 0) is 4.79 Å². The molecule has 14 heavy (non-hydrogen) atoms. The predicted octanol–water partition coefficient (Wildman–Crippen LogP) is 0.122. The van der Waals surface area contributed by atoms with E-state index in [0.717, 1.165) is 0 Å². The largest absolute Gasteiger partial charge is 0.378 e. The minimum absolute atomic E-state index is 0.174. The first-order chi connectivity index (χ1) is 6.65. The second kappa shape index (κ2) is 4.00. The van der Waals surface area contributed by atoms with Gasteiger partial charge in [0.15, 0.2) is 6.29 Å². The lowest BCUT2D eigenvalue weighted by Crippen LogP contribution is -1.98. The number of hydrogen-bond acceptors (Lipinski definition) is 5. The van der Waals surface area contributed by atoms with Gasteiger partial charge >= 0.3 is 5.69 Å². The summed E-state index contributed by atoms with van der Waals surface area (Å²) in [6.45, 7) is 0. The van der Waals surface area contributed by atoms with Crippen LogP contribution < -0.4 is 5.73 Å². The highest BCUT2D eigenvalue weighted by Gasteiger charge is 2.12. The number of nitrogens with zero attached hydrogens (tertiary/aromatic N) is 2. The predicted molar refractivity (Wildman–Crippen MR) is 48.2 cm³/mol. The molecule has 6 heteroatoms. The molecule has 0 aromatic carbocycles. The van der Waals surface area contributed by atoms with Gasteiger partial charge in [0, 0.05) is 12.3 Å². The Morgan fingerprint density at radius 1 is 1.64 bits per heavy atom. The zero-order valence-electron chi connectivity index (χ0n) is 6.93. The highest BCUT2D eigenvalue weighted by molar-refractivity contribution is 5.74. The van der Waals surface area contributed by atoms with E-state index in [1.165, 1.54) is 12.3 Å². The Morgan fingerprint density at radius 3 is 2.93 bits per heavy atom. The van der Waals surface area contributed by atoms with E-state index < -0.39 is 4.92 Å². The first kappa shape index (κ1) is 9.67. The molecule has 0 unspecified atom stereocenters. The number of anilines is 1. The van der Waals surface area contributed by atoms with Crippen molar-refractivity contribution in [3.63, 3.8) is 0 Å². The Bertz CT molecular complexity index is 445. The number of rotatable bonds is 1. The summed E-state index contributed by atoms with van der Waals surface area (Å²) in [7, 11) is 0. The molecule has 1 aromatic heterocycles. The summed E-state index contributed by atoms with van der Waals surface area (Å²) < 4.78 is 0. The third-order valence-corrected chi connectivity index (χ3v) is 1.37. The summed E-state index contributed by atoms with van der Waals surface area (Å²) in [5.41, 5.74) is 5.21. The summed E-state index contributed by atoms with van der Waals surface area (Å²) in [6.07, 6.45) is 1.65. The lowest BCUT2D eigenvalue weighted by atomic mass is 10.2. The van der Waals surface area contributed by atoms with Crippen molar-refractivity contribution in [2.24, 2.45) is 0 Å². The van der Waals surface area contributed by atoms with Crippen LogP contribution in [-0.4, -0.2) is 16.2 Å². The number of aldehydes is 1. The van der Waals surface area contributed by atoms with Crippen LogP contribution in [0.25, 0.3) is 0 Å². The van der Waals surface area contributed by atoms with Gasteiger partial charge in [-0.1, -0.05) is 5.92 Å². The number of nitrogen functional groups attached to an aromatic ring is 1.